The number of benzene rings is 2. The molecular formula is C20H19ClN2O2. The van der Waals surface area contributed by atoms with Crippen molar-refractivity contribution in [1.82, 2.24) is 9.78 Å². The van der Waals surface area contributed by atoms with Crippen molar-refractivity contribution in [1.29, 1.82) is 0 Å². The van der Waals surface area contributed by atoms with Gasteiger partial charge in [0.1, 0.15) is 12.4 Å². The van der Waals surface area contributed by atoms with Crippen LogP contribution in [0.2, 0.25) is 5.02 Å². The zero-order valence-corrected chi connectivity index (χ0v) is 14.7. The highest BCUT2D eigenvalue weighted by molar-refractivity contribution is 6.30. The molecule has 0 aliphatic rings. The summed E-state index contributed by atoms with van der Waals surface area (Å²) in [7, 11) is 0. The van der Waals surface area contributed by atoms with Gasteiger partial charge in [0, 0.05) is 28.9 Å². The van der Waals surface area contributed by atoms with Crippen molar-refractivity contribution in [2.24, 2.45) is 5.92 Å². The molecule has 3 rings (SSSR count). The van der Waals surface area contributed by atoms with Crippen LogP contribution in [0.25, 0.3) is 0 Å². The molecule has 0 amide bonds. The van der Waals surface area contributed by atoms with Crippen molar-refractivity contribution in [2.75, 3.05) is 0 Å². The van der Waals surface area contributed by atoms with Crippen LogP contribution in [-0.4, -0.2) is 15.6 Å². The zero-order chi connectivity index (χ0) is 17.6. The predicted molar refractivity (Wildman–Crippen MR) is 97.9 cm³/mol. The highest BCUT2D eigenvalue weighted by Gasteiger charge is 2.16. The number of ketones is 1. The van der Waals surface area contributed by atoms with E-state index >= 15 is 0 Å². The van der Waals surface area contributed by atoms with E-state index in [-0.39, 0.29) is 11.7 Å². The highest BCUT2D eigenvalue weighted by Crippen LogP contribution is 2.18. The normalized spacial score (nSPS) is 11.9. The maximum Gasteiger partial charge on any atom is 0.167 e. The molecule has 1 unspecified atom stereocenters. The fourth-order valence-corrected chi connectivity index (χ4v) is 2.65. The summed E-state index contributed by atoms with van der Waals surface area (Å²) in [6.45, 7) is 2.94. The van der Waals surface area contributed by atoms with Crippen molar-refractivity contribution in [3.8, 4) is 5.75 Å². The molecule has 1 heterocycles. The third kappa shape index (κ3) is 4.70. The van der Waals surface area contributed by atoms with Gasteiger partial charge in [0.15, 0.2) is 5.78 Å². The summed E-state index contributed by atoms with van der Waals surface area (Å²) in [5, 5.41) is 4.85. The van der Waals surface area contributed by atoms with Gasteiger partial charge >= 0.3 is 0 Å². The van der Waals surface area contributed by atoms with Gasteiger partial charge in [-0.2, -0.15) is 5.10 Å². The molecular weight excluding hydrogens is 336 g/mol. The average molecular weight is 355 g/mol. The second-order valence-electron chi connectivity index (χ2n) is 5.93. The van der Waals surface area contributed by atoms with E-state index in [0.29, 0.717) is 23.7 Å². The standard InChI is InChI=1S/C20H19ClN2O2/c1-15(13-23-12-2-11-22-23)20(24)17-5-9-19(10-6-17)25-14-16-3-7-18(21)8-4-16/h2-12,15H,13-14H2,1H3. The average Bonchev–Trinajstić information content (AvgIpc) is 3.14. The van der Waals surface area contributed by atoms with Crippen LogP contribution in [0.4, 0.5) is 0 Å². The van der Waals surface area contributed by atoms with E-state index in [1.165, 1.54) is 0 Å². The number of halogens is 1. The van der Waals surface area contributed by atoms with Gasteiger partial charge in [-0.15, -0.1) is 0 Å². The van der Waals surface area contributed by atoms with E-state index in [4.69, 9.17) is 16.3 Å². The Morgan fingerprint density at radius 2 is 1.88 bits per heavy atom. The largest absolute Gasteiger partial charge is 0.489 e. The SMILES string of the molecule is CC(Cn1cccn1)C(=O)c1ccc(OCc2ccc(Cl)cc2)cc1. The van der Waals surface area contributed by atoms with Crippen LogP contribution in [0.3, 0.4) is 0 Å². The molecule has 0 aliphatic carbocycles. The molecule has 0 saturated heterocycles. The highest BCUT2D eigenvalue weighted by atomic mass is 35.5. The summed E-state index contributed by atoms with van der Waals surface area (Å²) in [6.07, 6.45) is 3.57. The Balaban J connectivity index is 1.57. The van der Waals surface area contributed by atoms with E-state index < -0.39 is 0 Å². The van der Waals surface area contributed by atoms with Crippen LogP contribution in [-0.2, 0) is 13.2 Å². The molecule has 0 N–H and O–H groups in total. The van der Waals surface area contributed by atoms with Gasteiger partial charge < -0.3 is 4.74 Å². The maximum atomic E-state index is 12.5. The first kappa shape index (κ1) is 17.2. The van der Waals surface area contributed by atoms with Gasteiger partial charge in [-0.3, -0.25) is 9.48 Å². The summed E-state index contributed by atoms with van der Waals surface area (Å²) >= 11 is 5.87. The second-order valence-corrected chi connectivity index (χ2v) is 6.37. The number of carbonyl (C=O) groups excluding carboxylic acids is 1. The van der Waals surface area contributed by atoms with Crippen LogP contribution in [0, 0.1) is 5.92 Å². The monoisotopic (exact) mass is 354 g/mol. The number of Topliss-reactive ketones (excluding diaryl/α,β-unsaturated/α-hetero) is 1. The molecule has 5 heteroatoms. The van der Waals surface area contributed by atoms with Crippen LogP contribution < -0.4 is 4.74 Å². The first-order chi connectivity index (χ1) is 12.1. The van der Waals surface area contributed by atoms with E-state index in [1.54, 1.807) is 23.0 Å². The van der Waals surface area contributed by atoms with Crippen LogP contribution in [0.5, 0.6) is 5.75 Å². The first-order valence-corrected chi connectivity index (χ1v) is 8.48. The molecule has 0 saturated carbocycles. The Bertz CT molecular complexity index is 812. The van der Waals surface area contributed by atoms with Crippen molar-refractivity contribution < 1.29 is 9.53 Å². The fraction of sp³-hybridized carbons (Fsp3) is 0.200. The Morgan fingerprint density at radius 3 is 2.52 bits per heavy atom. The number of rotatable bonds is 7. The zero-order valence-electron chi connectivity index (χ0n) is 13.9. The molecule has 2 aromatic carbocycles. The third-order valence-corrected chi connectivity index (χ3v) is 4.18. The molecule has 1 aromatic heterocycles. The minimum Gasteiger partial charge on any atom is -0.489 e. The second kappa shape index (κ2) is 7.99. The van der Waals surface area contributed by atoms with Crippen molar-refractivity contribution in [3.05, 3.63) is 83.1 Å². The number of hydrogen-bond donors (Lipinski definition) is 0. The molecule has 0 bridgehead atoms. The van der Waals surface area contributed by atoms with Crippen LogP contribution in [0.1, 0.15) is 22.8 Å². The van der Waals surface area contributed by atoms with E-state index in [2.05, 4.69) is 5.10 Å². The topological polar surface area (TPSA) is 44.1 Å². The minimum atomic E-state index is -0.138. The lowest BCUT2D eigenvalue weighted by atomic mass is 9.99. The molecule has 3 aromatic rings. The molecule has 25 heavy (non-hydrogen) atoms. The number of aromatic nitrogens is 2. The lowest BCUT2D eigenvalue weighted by Gasteiger charge is -2.11. The lowest BCUT2D eigenvalue weighted by molar-refractivity contribution is 0.0915. The van der Waals surface area contributed by atoms with Crippen molar-refractivity contribution >= 4 is 17.4 Å². The summed E-state index contributed by atoms with van der Waals surface area (Å²) in [4.78, 5) is 12.5. The Hall–Kier alpha value is -2.59. The van der Waals surface area contributed by atoms with Gasteiger partial charge in [-0.25, -0.2) is 0 Å². The van der Waals surface area contributed by atoms with Crippen molar-refractivity contribution in [2.45, 2.75) is 20.1 Å². The molecule has 0 fully saturated rings. The number of ether oxygens (including phenoxy) is 1. The van der Waals surface area contributed by atoms with E-state index in [9.17, 15) is 4.79 Å². The number of nitrogens with zero attached hydrogens (tertiary/aromatic N) is 2. The number of hydrogen-bond acceptors (Lipinski definition) is 3. The molecule has 0 aliphatic heterocycles. The van der Waals surface area contributed by atoms with E-state index in [1.807, 2.05) is 55.6 Å². The quantitative estimate of drug-likeness (QED) is 0.581. The molecule has 4 nitrogen and oxygen atoms in total. The van der Waals surface area contributed by atoms with E-state index in [0.717, 1.165) is 11.3 Å². The summed E-state index contributed by atoms with van der Waals surface area (Å²) < 4.78 is 7.51. The van der Waals surface area contributed by atoms with Crippen LogP contribution >= 0.6 is 11.6 Å². The summed E-state index contributed by atoms with van der Waals surface area (Å²) in [5.41, 5.74) is 1.72. The van der Waals surface area contributed by atoms with Gasteiger partial charge in [-0.1, -0.05) is 30.7 Å². The molecule has 128 valence electrons. The van der Waals surface area contributed by atoms with Gasteiger partial charge in [-0.05, 0) is 48.0 Å². The molecule has 0 radical (unpaired) electrons. The Kier molecular flexibility index (Phi) is 5.51. The summed E-state index contributed by atoms with van der Waals surface area (Å²) in [6, 6.07) is 16.6. The first-order valence-electron chi connectivity index (χ1n) is 8.11. The Morgan fingerprint density at radius 1 is 1.16 bits per heavy atom. The maximum absolute atomic E-state index is 12.5. The van der Waals surface area contributed by atoms with Gasteiger partial charge in [0.25, 0.3) is 0 Å². The van der Waals surface area contributed by atoms with Crippen LogP contribution in [0.15, 0.2) is 67.0 Å². The molecule has 0 spiro atoms. The van der Waals surface area contributed by atoms with Gasteiger partial charge in [0.2, 0.25) is 0 Å². The third-order valence-electron chi connectivity index (χ3n) is 3.93. The molecule has 1 atom stereocenters. The van der Waals surface area contributed by atoms with Gasteiger partial charge in [0.05, 0.1) is 6.54 Å². The lowest BCUT2D eigenvalue weighted by Crippen LogP contribution is -2.18. The fourth-order valence-electron chi connectivity index (χ4n) is 2.52. The number of carbonyl (C=O) groups is 1. The predicted octanol–water partition coefficient (Wildman–Crippen LogP) is 4.63. The Labute approximate surface area is 152 Å². The minimum absolute atomic E-state index is 0.0970. The van der Waals surface area contributed by atoms with Crippen molar-refractivity contribution in [3.63, 3.8) is 0 Å². The smallest absolute Gasteiger partial charge is 0.167 e. The summed E-state index contributed by atoms with van der Waals surface area (Å²) in [5.74, 6) is 0.687.